The van der Waals surface area contributed by atoms with Gasteiger partial charge in [-0.05, 0) is 25.6 Å². The van der Waals surface area contributed by atoms with E-state index in [-0.39, 0.29) is 5.75 Å². The van der Waals surface area contributed by atoms with E-state index in [9.17, 15) is 9.90 Å². The molecular formula is C14H20N2O2. The maximum Gasteiger partial charge on any atom is 0.153 e. The number of phenols is 1. The third kappa shape index (κ3) is 2.89. The van der Waals surface area contributed by atoms with Crippen molar-refractivity contribution < 1.29 is 9.90 Å². The van der Waals surface area contributed by atoms with Gasteiger partial charge in [-0.25, -0.2) is 0 Å². The Balaban J connectivity index is 2.13. The van der Waals surface area contributed by atoms with Crippen LogP contribution in [0.5, 0.6) is 5.75 Å². The second-order valence-corrected chi connectivity index (χ2v) is 5.06. The highest BCUT2D eigenvalue weighted by Crippen LogP contribution is 2.24. The Morgan fingerprint density at radius 2 is 1.94 bits per heavy atom. The number of aryl methyl sites for hydroxylation is 1. The van der Waals surface area contributed by atoms with Crippen LogP contribution in [0, 0.1) is 6.92 Å². The van der Waals surface area contributed by atoms with Crippen LogP contribution in [-0.2, 0) is 6.54 Å². The van der Waals surface area contributed by atoms with E-state index >= 15 is 0 Å². The van der Waals surface area contributed by atoms with E-state index in [2.05, 4.69) is 16.8 Å². The van der Waals surface area contributed by atoms with E-state index in [0.717, 1.165) is 43.6 Å². The van der Waals surface area contributed by atoms with Crippen LogP contribution in [0.2, 0.25) is 0 Å². The summed E-state index contributed by atoms with van der Waals surface area (Å²) in [6.45, 7) is 6.75. The van der Waals surface area contributed by atoms with Gasteiger partial charge in [-0.2, -0.15) is 0 Å². The Kier molecular flexibility index (Phi) is 3.99. The number of carbonyl (C=O) groups is 1. The molecule has 0 aliphatic carbocycles. The van der Waals surface area contributed by atoms with Crippen LogP contribution >= 0.6 is 0 Å². The number of aromatic hydroxyl groups is 1. The van der Waals surface area contributed by atoms with E-state index in [1.54, 1.807) is 6.07 Å². The number of phenolic OH excluding ortho intramolecular Hbond substituents is 1. The van der Waals surface area contributed by atoms with E-state index in [1.165, 1.54) is 0 Å². The van der Waals surface area contributed by atoms with Gasteiger partial charge in [0.05, 0.1) is 5.56 Å². The first-order valence-corrected chi connectivity index (χ1v) is 6.28. The molecule has 1 aliphatic heterocycles. The van der Waals surface area contributed by atoms with Crippen molar-refractivity contribution in [2.75, 3.05) is 33.2 Å². The molecule has 4 nitrogen and oxygen atoms in total. The van der Waals surface area contributed by atoms with Crippen LogP contribution in [0.3, 0.4) is 0 Å². The molecule has 0 spiro atoms. The van der Waals surface area contributed by atoms with Gasteiger partial charge in [0.15, 0.2) is 6.29 Å². The summed E-state index contributed by atoms with van der Waals surface area (Å²) in [5.74, 6) is 0.134. The molecule has 4 heteroatoms. The molecule has 2 rings (SSSR count). The molecule has 0 unspecified atom stereocenters. The zero-order valence-electron chi connectivity index (χ0n) is 11.0. The molecule has 1 aromatic rings. The number of likely N-dealkylation sites (N-methyl/N-ethyl adjacent to an activating group) is 1. The topological polar surface area (TPSA) is 43.8 Å². The van der Waals surface area contributed by atoms with Gasteiger partial charge in [0.1, 0.15) is 5.75 Å². The predicted molar refractivity (Wildman–Crippen MR) is 71.0 cm³/mol. The largest absolute Gasteiger partial charge is 0.507 e. The second kappa shape index (κ2) is 5.50. The summed E-state index contributed by atoms with van der Waals surface area (Å²) in [5, 5.41) is 10.0. The lowest BCUT2D eigenvalue weighted by atomic mass is 10.0. The summed E-state index contributed by atoms with van der Waals surface area (Å²) in [6, 6.07) is 3.68. The van der Waals surface area contributed by atoms with Crippen molar-refractivity contribution in [3.63, 3.8) is 0 Å². The van der Waals surface area contributed by atoms with E-state index < -0.39 is 0 Å². The van der Waals surface area contributed by atoms with Gasteiger partial charge in [0.25, 0.3) is 0 Å². The number of piperazine rings is 1. The van der Waals surface area contributed by atoms with Crippen LogP contribution < -0.4 is 0 Å². The summed E-state index contributed by atoms with van der Waals surface area (Å²) in [7, 11) is 2.12. The first-order chi connectivity index (χ1) is 8.60. The monoisotopic (exact) mass is 248 g/mol. The van der Waals surface area contributed by atoms with Gasteiger partial charge in [-0.3, -0.25) is 9.69 Å². The van der Waals surface area contributed by atoms with E-state index in [4.69, 9.17) is 0 Å². The minimum absolute atomic E-state index is 0.134. The lowest BCUT2D eigenvalue weighted by Gasteiger charge is -2.32. The van der Waals surface area contributed by atoms with Crippen molar-refractivity contribution in [1.29, 1.82) is 0 Å². The van der Waals surface area contributed by atoms with E-state index in [0.29, 0.717) is 12.1 Å². The summed E-state index contributed by atoms with van der Waals surface area (Å²) in [4.78, 5) is 15.5. The molecule has 98 valence electrons. The van der Waals surface area contributed by atoms with Gasteiger partial charge >= 0.3 is 0 Å². The number of carbonyl (C=O) groups excluding carboxylic acids is 1. The van der Waals surface area contributed by atoms with E-state index in [1.807, 2.05) is 13.0 Å². The highest BCUT2D eigenvalue weighted by molar-refractivity contribution is 5.80. The van der Waals surface area contributed by atoms with Crippen molar-refractivity contribution in [3.8, 4) is 5.75 Å². The molecular weight excluding hydrogens is 228 g/mol. The fraction of sp³-hybridized carbons (Fsp3) is 0.500. The van der Waals surface area contributed by atoms with Gasteiger partial charge in [0, 0.05) is 38.3 Å². The molecule has 0 aromatic heterocycles. The lowest BCUT2D eigenvalue weighted by molar-refractivity contribution is 0.112. The summed E-state index contributed by atoms with van der Waals surface area (Å²) < 4.78 is 0. The van der Waals surface area contributed by atoms with Gasteiger partial charge in [-0.15, -0.1) is 0 Å². The zero-order valence-corrected chi connectivity index (χ0v) is 11.0. The van der Waals surface area contributed by atoms with Gasteiger partial charge in [-0.1, -0.05) is 6.07 Å². The van der Waals surface area contributed by atoms with Crippen molar-refractivity contribution in [3.05, 3.63) is 28.8 Å². The van der Waals surface area contributed by atoms with Crippen LogP contribution in [0.25, 0.3) is 0 Å². The maximum absolute atomic E-state index is 10.9. The Morgan fingerprint density at radius 1 is 1.28 bits per heavy atom. The number of rotatable bonds is 3. The molecule has 1 fully saturated rings. The van der Waals surface area contributed by atoms with Crippen LogP contribution in [0.4, 0.5) is 0 Å². The molecule has 0 radical (unpaired) electrons. The zero-order chi connectivity index (χ0) is 13.1. The average molecular weight is 248 g/mol. The number of hydrogen-bond acceptors (Lipinski definition) is 4. The smallest absolute Gasteiger partial charge is 0.153 e. The molecule has 0 saturated carbocycles. The minimum atomic E-state index is 0.134. The third-order valence-electron chi connectivity index (χ3n) is 3.48. The lowest BCUT2D eigenvalue weighted by Crippen LogP contribution is -2.43. The molecule has 0 atom stereocenters. The highest BCUT2D eigenvalue weighted by atomic mass is 16.3. The maximum atomic E-state index is 10.9. The standard InChI is InChI=1S/C14H20N2O2/c1-11-7-12(14(18)13(8-11)10-17)9-16-5-3-15(2)4-6-16/h7-8,10,18H,3-6,9H2,1-2H3. The van der Waals surface area contributed by atoms with Crippen LogP contribution in [0.15, 0.2) is 12.1 Å². The highest BCUT2D eigenvalue weighted by Gasteiger charge is 2.16. The molecule has 1 heterocycles. The van der Waals surface area contributed by atoms with Crippen molar-refractivity contribution >= 4 is 6.29 Å². The van der Waals surface area contributed by atoms with Crippen molar-refractivity contribution in [1.82, 2.24) is 9.80 Å². The Hall–Kier alpha value is -1.39. The Bertz CT molecular complexity index is 438. The minimum Gasteiger partial charge on any atom is -0.507 e. The van der Waals surface area contributed by atoms with Gasteiger partial charge in [0.2, 0.25) is 0 Å². The van der Waals surface area contributed by atoms with Crippen LogP contribution in [-0.4, -0.2) is 54.4 Å². The average Bonchev–Trinajstić information content (AvgIpc) is 2.36. The second-order valence-electron chi connectivity index (χ2n) is 5.06. The molecule has 18 heavy (non-hydrogen) atoms. The number of benzene rings is 1. The SMILES string of the molecule is Cc1cc(C=O)c(O)c(CN2CCN(C)CC2)c1. The molecule has 1 N–H and O–H groups in total. The molecule has 1 saturated heterocycles. The fourth-order valence-corrected chi connectivity index (χ4v) is 2.34. The van der Waals surface area contributed by atoms with Gasteiger partial charge < -0.3 is 10.0 Å². The van der Waals surface area contributed by atoms with Crippen molar-refractivity contribution in [2.24, 2.45) is 0 Å². The normalized spacial score (nSPS) is 17.9. The summed E-state index contributed by atoms with van der Waals surface area (Å²) >= 11 is 0. The quantitative estimate of drug-likeness (QED) is 0.818. The molecule has 1 aliphatic rings. The first-order valence-electron chi connectivity index (χ1n) is 6.28. The Morgan fingerprint density at radius 3 is 2.56 bits per heavy atom. The first kappa shape index (κ1) is 13.1. The fourth-order valence-electron chi connectivity index (χ4n) is 2.34. The van der Waals surface area contributed by atoms with Crippen LogP contribution in [0.1, 0.15) is 21.5 Å². The Labute approximate surface area is 108 Å². The number of nitrogens with zero attached hydrogens (tertiary/aromatic N) is 2. The predicted octanol–water partition coefficient (Wildman–Crippen LogP) is 1.26. The third-order valence-corrected chi connectivity index (χ3v) is 3.48. The summed E-state index contributed by atoms with van der Waals surface area (Å²) in [5.41, 5.74) is 2.25. The number of aldehydes is 1. The number of hydrogen-bond donors (Lipinski definition) is 1. The van der Waals surface area contributed by atoms with Crippen molar-refractivity contribution in [2.45, 2.75) is 13.5 Å². The molecule has 1 aromatic carbocycles. The molecule has 0 amide bonds. The summed E-state index contributed by atoms with van der Waals surface area (Å²) in [6.07, 6.45) is 0.718. The molecule has 0 bridgehead atoms.